The second-order valence-electron chi connectivity index (χ2n) is 7.40. The van der Waals surface area contributed by atoms with E-state index in [0.29, 0.717) is 23.0 Å². The number of likely N-dealkylation sites (tertiary alicyclic amines) is 1. The van der Waals surface area contributed by atoms with Crippen molar-refractivity contribution in [2.75, 3.05) is 19.6 Å². The standard InChI is InChI=1S/C23H23ClN3O2/c24-20-8-6-19(7-9-20)23(28)25-15-17-10-12-27(13-11-17)16-21-14-22(26-29-21)18-4-2-1-3-5-18/h1-8,14,17H,10-13,15-16H2,(H,25,28). The zero-order valence-corrected chi connectivity index (χ0v) is 16.9. The molecular formula is C23H23ClN3O2. The van der Waals surface area contributed by atoms with E-state index in [-0.39, 0.29) is 5.91 Å². The van der Waals surface area contributed by atoms with Crippen molar-refractivity contribution in [2.24, 2.45) is 5.92 Å². The lowest BCUT2D eigenvalue weighted by Crippen LogP contribution is -2.38. The lowest BCUT2D eigenvalue weighted by Gasteiger charge is -2.31. The maximum Gasteiger partial charge on any atom is 0.251 e. The SMILES string of the molecule is O=C(NCC1CCN(Cc2cc(-c3ccccc3)no2)CC1)c1c[c]c(Cl)cc1. The van der Waals surface area contributed by atoms with Crippen LogP contribution in [0, 0.1) is 12.0 Å². The monoisotopic (exact) mass is 408 g/mol. The van der Waals surface area contributed by atoms with Crippen LogP contribution < -0.4 is 5.32 Å². The highest BCUT2D eigenvalue weighted by Crippen LogP contribution is 2.22. The zero-order chi connectivity index (χ0) is 20.1. The predicted octanol–water partition coefficient (Wildman–Crippen LogP) is 4.44. The van der Waals surface area contributed by atoms with Gasteiger partial charge >= 0.3 is 0 Å². The number of carbonyl (C=O) groups is 1. The van der Waals surface area contributed by atoms with Crippen LogP contribution in [0.3, 0.4) is 0 Å². The first-order chi connectivity index (χ1) is 14.2. The molecule has 0 atom stereocenters. The van der Waals surface area contributed by atoms with Crippen LogP contribution in [0.1, 0.15) is 29.0 Å². The molecule has 1 aliphatic heterocycles. The topological polar surface area (TPSA) is 58.4 Å². The van der Waals surface area contributed by atoms with Gasteiger partial charge in [-0.05, 0) is 50.0 Å². The van der Waals surface area contributed by atoms with E-state index in [0.717, 1.165) is 49.5 Å². The molecule has 5 nitrogen and oxygen atoms in total. The van der Waals surface area contributed by atoms with Crippen LogP contribution in [0.15, 0.2) is 59.1 Å². The van der Waals surface area contributed by atoms with Crippen molar-refractivity contribution in [3.05, 3.63) is 77.0 Å². The molecule has 1 aromatic heterocycles. The van der Waals surface area contributed by atoms with Crippen molar-refractivity contribution < 1.29 is 9.32 Å². The lowest BCUT2D eigenvalue weighted by atomic mass is 9.96. The third kappa shape index (κ3) is 5.25. The van der Waals surface area contributed by atoms with Gasteiger partial charge in [-0.2, -0.15) is 0 Å². The predicted molar refractivity (Wildman–Crippen MR) is 113 cm³/mol. The minimum Gasteiger partial charge on any atom is -0.359 e. The van der Waals surface area contributed by atoms with Gasteiger partial charge in [0.2, 0.25) is 0 Å². The summed E-state index contributed by atoms with van der Waals surface area (Å²) in [6.45, 7) is 3.42. The minimum absolute atomic E-state index is 0.0737. The molecule has 6 heteroatoms. The summed E-state index contributed by atoms with van der Waals surface area (Å²) in [6, 6.07) is 19.9. The maximum atomic E-state index is 12.2. The average molecular weight is 409 g/mol. The molecule has 29 heavy (non-hydrogen) atoms. The van der Waals surface area contributed by atoms with Crippen LogP contribution in [0.25, 0.3) is 11.3 Å². The first-order valence-electron chi connectivity index (χ1n) is 9.86. The van der Waals surface area contributed by atoms with Crippen LogP contribution in [0.5, 0.6) is 0 Å². The molecular weight excluding hydrogens is 386 g/mol. The number of nitrogens with one attached hydrogen (secondary N) is 1. The molecule has 4 rings (SSSR count). The molecule has 0 saturated carbocycles. The quantitative estimate of drug-likeness (QED) is 0.655. The number of carbonyl (C=O) groups excluding carboxylic acids is 1. The largest absolute Gasteiger partial charge is 0.359 e. The molecule has 0 spiro atoms. The summed E-state index contributed by atoms with van der Waals surface area (Å²) >= 11 is 5.82. The van der Waals surface area contributed by atoms with Gasteiger partial charge in [0.15, 0.2) is 5.76 Å². The van der Waals surface area contributed by atoms with E-state index in [9.17, 15) is 4.79 Å². The Balaban J connectivity index is 1.22. The Labute approximate surface area is 175 Å². The van der Waals surface area contributed by atoms with Crippen molar-refractivity contribution in [3.63, 3.8) is 0 Å². The molecule has 1 aliphatic rings. The Kier molecular flexibility index (Phi) is 6.27. The molecule has 2 heterocycles. The number of hydrogen-bond donors (Lipinski definition) is 1. The van der Waals surface area contributed by atoms with Crippen molar-refractivity contribution in [3.8, 4) is 11.3 Å². The summed E-state index contributed by atoms with van der Waals surface area (Å²) in [5, 5.41) is 7.73. The molecule has 1 fully saturated rings. The Morgan fingerprint density at radius 2 is 2.00 bits per heavy atom. The molecule has 1 saturated heterocycles. The summed E-state index contributed by atoms with van der Waals surface area (Å²) in [5.74, 6) is 1.30. The fraction of sp³-hybridized carbons (Fsp3) is 0.304. The van der Waals surface area contributed by atoms with E-state index in [1.807, 2.05) is 36.4 Å². The summed E-state index contributed by atoms with van der Waals surface area (Å²) in [6.07, 6.45) is 2.10. The second-order valence-corrected chi connectivity index (χ2v) is 7.81. The normalized spacial score (nSPS) is 15.3. The Morgan fingerprint density at radius 1 is 1.21 bits per heavy atom. The summed E-state index contributed by atoms with van der Waals surface area (Å²) in [4.78, 5) is 14.6. The van der Waals surface area contributed by atoms with Crippen LogP contribution in [0.4, 0.5) is 0 Å². The number of aromatic nitrogens is 1. The van der Waals surface area contributed by atoms with E-state index in [2.05, 4.69) is 21.4 Å². The second kappa shape index (κ2) is 9.25. The lowest BCUT2D eigenvalue weighted by molar-refractivity contribution is 0.0933. The Hall–Kier alpha value is -2.63. The number of nitrogens with zero attached hydrogens (tertiary/aromatic N) is 2. The molecule has 3 aromatic rings. The third-order valence-electron chi connectivity index (χ3n) is 5.30. The van der Waals surface area contributed by atoms with E-state index < -0.39 is 0 Å². The smallest absolute Gasteiger partial charge is 0.251 e. The van der Waals surface area contributed by atoms with Gasteiger partial charge in [0.1, 0.15) is 5.69 Å². The van der Waals surface area contributed by atoms with E-state index in [4.69, 9.17) is 16.1 Å². The highest BCUT2D eigenvalue weighted by atomic mass is 35.5. The van der Waals surface area contributed by atoms with Crippen LogP contribution in [-0.4, -0.2) is 35.6 Å². The van der Waals surface area contributed by atoms with Gasteiger partial charge in [0, 0.05) is 34.8 Å². The molecule has 149 valence electrons. The Bertz CT molecular complexity index is 932. The molecule has 1 radical (unpaired) electrons. The van der Waals surface area contributed by atoms with E-state index >= 15 is 0 Å². The van der Waals surface area contributed by atoms with E-state index in [1.165, 1.54) is 0 Å². The van der Waals surface area contributed by atoms with Crippen molar-refractivity contribution in [1.82, 2.24) is 15.4 Å². The molecule has 1 N–H and O–H groups in total. The van der Waals surface area contributed by atoms with Gasteiger partial charge in [-0.3, -0.25) is 9.69 Å². The van der Waals surface area contributed by atoms with Gasteiger partial charge in [-0.1, -0.05) is 47.1 Å². The van der Waals surface area contributed by atoms with Gasteiger partial charge in [0.25, 0.3) is 5.91 Å². The number of rotatable bonds is 6. The van der Waals surface area contributed by atoms with Crippen LogP contribution in [-0.2, 0) is 6.54 Å². The number of amides is 1. The van der Waals surface area contributed by atoms with Gasteiger partial charge in [-0.15, -0.1) is 0 Å². The Morgan fingerprint density at radius 3 is 2.72 bits per heavy atom. The van der Waals surface area contributed by atoms with Gasteiger partial charge in [-0.25, -0.2) is 0 Å². The number of halogens is 1. The van der Waals surface area contributed by atoms with Crippen molar-refractivity contribution >= 4 is 17.5 Å². The fourth-order valence-corrected chi connectivity index (χ4v) is 3.71. The highest BCUT2D eigenvalue weighted by molar-refractivity contribution is 6.30. The average Bonchev–Trinajstić information content (AvgIpc) is 3.23. The molecule has 0 aliphatic carbocycles. The summed E-state index contributed by atoms with van der Waals surface area (Å²) in [5.41, 5.74) is 2.53. The van der Waals surface area contributed by atoms with Gasteiger partial charge < -0.3 is 9.84 Å². The van der Waals surface area contributed by atoms with Crippen molar-refractivity contribution in [1.29, 1.82) is 0 Å². The summed E-state index contributed by atoms with van der Waals surface area (Å²) < 4.78 is 5.52. The fourth-order valence-electron chi connectivity index (χ4n) is 3.59. The van der Waals surface area contributed by atoms with Gasteiger partial charge in [0.05, 0.1) is 6.54 Å². The first kappa shape index (κ1) is 19.7. The number of benzene rings is 2. The number of piperidine rings is 1. The van der Waals surface area contributed by atoms with E-state index in [1.54, 1.807) is 18.2 Å². The minimum atomic E-state index is -0.0737. The zero-order valence-electron chi connectivity index (χ0n) is 16.1. The third-order valence-corrected chi connectivity index (χ3v) is 5.54. The van der Waals surface area contributed by atoms with Crippen LogP contribution in [0.2, 0.25) is 5.02 Å². The number of hydrogen-bond acceptors (Lipinski definition) is 4. The molecule has 2 aromatic carbocycles. The van der Waals surface area contributed by atoms with Crippen LogP contribution >= 0.6 is 11.6 Å². The summed E-state index contributed by atoms with van der Waals surface area (Å²) in [7, 11) is 0. The first-order valence-corrected chi connectivity index (χ1v) is 10.2. The van der Waals surface area contributed by atoms with Crippen molar-refractivity contribution in [2.45, 2.75) is 19.4 Å². The molecule has 0 bridgehead atoms. The molecule has 0 unspecified atom stereocenters. The molecule has 1 amide bonds. The highest BCUT2D eigenvalue weighted by Gasteiger charge is 2.21. The maximum absolute atomic E-state index is 12.2.